The van der Waals surface area contributed by atoms with Gasteiger partial charge in [-0.15, -0.1) is 5.54 Å². The van der Waals surface area contributed by atoms with Gasteiger partial charge in [0.15, 0.2) is 0 Å². The topological polar surface area (TPSA) is 0 Å². The van der Waals surface area contributed by atoms with Gasteiger partial charge in [0.2, 0.25) is 0 Å². The van der Waals surface area contributed by atoms with Crippen LogP contribution in [0.5, 0.6) is 0 Å². The van der Waals surface area contributed by atoms with Crippen LogP contribution in [0.25, 0.3) is 0 Å². The van der Waals surface area contributed by atoms with E-state index in [4.69, 9.17) is 0 Å². The molecule has 1 aromatic carbocycles. The van der Waals surface area contributed by atoms with Gasteiger partial charge in [-0.1, -0.05) is 47.5 Å². The average molecular weight is 398 g/mol. The van der Waals surface area contributed by atoms with Gasteiger partial charge in [-0.3, -0.25) is 0 Å². The molecule has 0 atom stereocenters. The maximum Gasteiger partial charge on any atom is 0.146 e. The molecule has 0 heterocycles. The van der Waals surface area contributed by atoms with Gasteiger partial charge in [-0.25, -0.2) is 0 Å². The van der Waals surface area contributed by atoms with Crippen LogP contribution in [0.4, 0.5) is 0 Å². The monoisotopic (exact) mass is 398 g/mol. The molecular weight excluding hydrogens is 371 g/mol. The Balaban J connectivity index is 3.30. The van der Waals surface area contributed by atoms with Gasteiger partial charge in [-0.05, 0) is 69.9 Å². The Morgan fingerprint density at radius 2 is 1.45 bits per heavy atom. The van der Waals surface area contributed by atoms with Crippen molar-refractivity contribution in [2.24, 2.45) is 0 Å². The lowest BCUT2D eigenvalue weighted by Gasteiger charge is -2.38. The van der Waals surface area contributed by atoms with E-state index < -0.39 is 8.07 Å². The molecule has 2 heteroatoms. The summed E-state index contributed by atoms with van der Waals surface area (Å²) in [6, 6.07) is 6.54. The first-order chi connectivity index (χ1) is 9.21. The zero-order chi connectivity index (χ0) is 15.5. The first-order valence-corrected chi connectivity index (χ1v) is 10.8. The highest BCUT2D eigenvalue weighted by atomic mass is 127. The summed E-state index contributed by atoms with van der Waals surface area (Å²) in [6.45, 7) is 16.3. The van der Waals surface area contributed by atoms with Gasteiger partial charge in [0, 0.05) is 9.13 Å². The summed E-state index contributed by atoms with van der Waals surface area (Å²) in [4.78, 5) is 0. The number of hydrogen-bond acceptors (Lipinski definition) is 0. The predicted octanol–water partition coefficient (Wildman–Crippen LogP) is 6.17. The van der Waals surface area contributed by atoms with Crippen molar-refractivity contribution in [2.75, 3.05) is 0 Å². The molecule has 0 nitrogen and oxygen atoms in total. The normalized spacial score (nSPS) is 11.9. The molecule has 20 heavy (non-hydrogen) atoms. The third-order valence-corrected chi connectivity index (χ3v) is 11.4. The number of benzene rings is 1. The van der Waals surface area contributed by atoms with Crippen LogP contribution >= 0.6 is 22.6 Å². The Morgan fingerprint density at radius 3 is 1.85 bits per heavy atom. The predicted molar refractivity (Wildman–Crippen MR) is 102 cm³/mol. The minimum atomic E-state index is -1.61. The molecule has 0 radical (unpaired) electrons. The van der Waals surface area contributed by atoms with E-state index in [0.29, 0.717) is 16.6 Å². The lowest BCUT2D eigenvalue weighted by molar-refractivity contribution is 0.838. The molecular formula is C18H27ISi. The highest BCUT2D eigenvalue weighted by Gasteiger charge is 2.41. The fourth-order valence-corrected chi connectivity index (χ4v) is 9.24. The molecule has 0 bridgehead atoms. The maximum absolute atomic E-state index is 3.79. The van der Waals surface area contributed by atoms with E-state index in [-0.39, 0.29) is 0 Å². The standard InChI is InChI=1S/C18H27ISi/c1-13(2)20(14(3)4,15(5)6)11-10-17-8-9-18(19)12-16(17)7/h8-9,12-15H,1-7H3. The highest BCUT2D eigenvalue weighted by Crippen LogP contribution is 2.40. The van der Waals surface area contributed by atoms with Crippen LogP contribution < -0.4 is 0 Å². The summed E-state index contributed by atoms with van der Waals surface area (Å²) in [7, 11) is -1.61. The second-order valence-corrected chi connectivity index (χ2v) is 13.4. The fourth-order valence-electron chi connectivity index (χ4n) is 3.38. The van der Waals surface area contributed by atoms with E-state index in [1.807, 2.05) is 0 Å². The third kappa shape index (κ3) is 3.68. The van der Waals surface area contributed by atoms with Gasteiger partial charge in [0.25, 0.3) is 0 Å². The minimum absolute atomic E-state index is 0.694. The Labute approximate surface area is 139 Å². The molecule has 0 spiro atoms. The molecule has 0 aliphatic carbocycles. The van der Waals surface area contributed by atoms with Crippen LogP contribution in [0, 0.1) is 22.0 Å². The van der Waals surface area contributed by atoms with E-state index in [2.05, 4.69) is 101 Å². The maximum atomic E-state index is 3.79. The summed E-state index contributed by atoms with van der Waals surface area (Å²) < 4.78 is 1.28. The lowest BCUT2D eigenvalue weighted by Crippen LogP contribution is -2.43. The Morgan fingerprint density at radius 1 is 0.950 bits per heavy atom. The number of aryl methyl sites for hydroxylation is 1. The SMILES string of the molecule is Cc1cc(I)ccc1C#C[Si](C(C)C)(C(C)C)C(C)C. The average Bonchev–Trinajstić information content (AvgIpc) is 2.30. The van der Waals surface area contributed by atoms with Crippen molar-refractivity contribution in [3.63, 3.8) is 0 Å². The number of hydrogen-bond donors (Lipinski definition) is 0. The van der Waals surface area contributed by atoms with Crippen LogP contribution in [0.2, 0.25) is 16.6 Å². The van der Waals surface area contributed by atoms with Crippen molar-refractivity contribution in [1.29, 1.82) is 0 Å². The second kappa shape index (κ2) is 7.13. The van der Waals surface area contributed by atoms with Crippen LogP contribution in [0.15, 0.2) is 18.2 Å². The molecule has 0 fully saturated rings. The third-order valence-electron chi connectivity index (χ3n) is 4.47. The van der Waals surface area contributed by atoms with Crippen LogP contribution in [0.1, 0.15) is 52.7 Å². The van der Waals surface area contributed by atoms with Crippen molar-refractivity contribution in [2.45, 2.75) is 65.1 Å². The van der Waals surface area contributed by atoms with E-state index in [1.165, 1.54) is 14.7 Å². The first-order valence-electron chi connectivity index (χ1n) is 7.51. The first kappa shape index (κ1) is 17.8. The van der Waals surface area contributed by atoms with Crippen LogP contribution in [-0.4, -0.2) is 8.07 Å². The van der Waals surface area contributed by atoms with Gasteiger partial charge < -0.3 is 0 Å². The van der Waals surface area contributed by atoms with Crippen LogP contribution in [-0.2, 0) is 0 Å². The van der Waals surface area contributed by atoms with E-state index in [1.54, 1.807) is 0 Å². The summed E-state index contributed by atoms with van der Waals surface area (Å²) in [6.07, 6.45) is 0. The molecule has 0 N–H and O–H groups in total. The summed E-state index contributed by atoms with van der Waals surface area (Å²) in [5.74, 6) is 3.53. The molecule has 0 aliphatic heterocycles. The van der Waals surface area contributed by atoms with Crippen LogP contribution in [0.3, 0.4) is 0 Å². The Kier molecular flexibility index (Phi) is 6.34. The summed E-state index contributed by atoms with van der Waals surface area (Å²) >= 11 is 2.36. The van der Waals surface area contributed by atoms with Gasteiger partial charge in [0.1, 0.15) is 8.07 Å². The highest BCUT2D eigenvalue weighted by molar-refractivity contribution is 14.1. The van der Waals surface area contributed by atoms with Gasteiger partial charge in [0.05, 0.1) is 0 Å². The fraction of sp³-hybridized carbons (Fsp3) is 0.556. The van der Waals surface area contributed by atoms with Gasteiger partial charge in [-0.2, -0.15) is 0 Å². The molecule has 0 amide bonds. The van der Waals surface area contributed by atoms with E-state index in [9.17, 15) is 0 Å². The molecule has 0 unspecified atom stereocenters. The van der Waals surface area contributed by atoms with E-state index in [0.717, 1.165) is 0 Å². The van der Waals surface area contributed by atoms with Crippen molar-refractivity contribution < 1.29 is 0 Å². The lowest BCUT2D eigenvalue weighted by atomic mass is 10.1. The molecule has 0 aromatic heterocycles. The molecule has 1 aromatic rings. The van der Waals surface area contributed by atoms with Crippen molar-refractivity contribution >= 4 is 30.7 Å². The quantitative estimate of drug-likeness (QED) is 0.325. The zero-order valence-electron chi connectivity index (χ0n) is 13.8. The second-order valence-electron chi connectivity index (χ2n) is 6.61. The molecule has 0 saturated heterocycles. The van der Waals surface area contributed by atoms with Gasteiger partial charge >= 0.3 is 0 Å². The zero-order valence-corrected chi connectivity index (χ0v) is 17.0. The minimum Gasteiger partial charge on any atom is -0.125 e. The summed E-state index contributed by atoms with van der Waals surface area (Å²) in [5, 5.41) is 0. The summed E-state index contributed by atoms with van der Waals surface area (Å²) in [5.41, 5.74) is 8.37. The Bertz CT molecular complexity index is 496. The largest absolute Gasteiger partial charge is 0.146 e. The molecule has 1 rings (SSSR count). The van der Waals surface area contributed by atoms with Crippen molar-refractivity contribution in [3.8, 4) is 11.5 Å². The Hall–Kier alpha value is -0.273. The van der Waals surface area contributed by atoms with Crippen molar-refractivity contribution in [1.82, 2.24) is 0 Å². The smallest absolute Gasteiger partial charge is 0.125 e. The molecule has 0 aliphatic rings. The van der Waals surface area contributed by atoms with Crippen molar-refractivity contribution in [3.05, 3.63) is 32.9 Å². The molecule has 0 saturated carbocycles. The molecule has 110 valence electrons. The van der Waals surface area contributed by atoms with E-state index >= 15 is 0 Å². The number of halogens is 1. The number of rotatable bonds is 3.